The molecule has 0 aliphatic heterocycles. The van der Waals surface area contributed by atoms with Crippen LogP contribution in [0, 0.1) is 0 Å². The molecule has 0 aromatic rings. The number of carbonyl (C=O) groups excluding carboxylic acids is 1. The average Bonchev–Trinajstić information content (AvgIpc) is 2.20. The van der Waals surface area contributed by atoms with Gasteiger partial charge in [0.1, 0.15) is 5.60 Å². The largest absolute Gasteiger partial charge is 0.481 e. The molecule has 0 saturated carbocycles. The van der Waals surface area contributed by atoms with Crippen molar-refractivity contribution in [2.24, 2.45) is 0 Å². The standard InChI is InChI=1S/C12H23NO5S/c1-11(2,3)18-10(17)13-8(6-14)12(4,5)19-7-9(15)16/h8,14H,6-7H2,1-5H3,(H,13,17)(H,15,16)/t8-/m1/s1. The Bertz CT molecular complexity index is 325. The van der Waals surface area contributed by atoms with Gasteiger partial charge < -0.3 is 20.3 Å². The fraction of sp³-hybridized carbons (Fsp3) is 0.833. The number of thioether (sulfide) groups is 1. The van der Waals surface area contributed by atoms with Crippen molar-refractivity contribution in [3.63, 3.8) is 0 Å². The molecule has 0 radical (unpaired) electrons. The van der Waals surface area contributed by atoms with Crippen molar-refractivity contribution in [3.8, 4) is 0 Å². The average molecular weight is 293 g/mol. The predicted octanol–water partition coefficient (Wildman–Crippen LogP) is 1.47. The topological polar surface area (TPSA) is 95.9 Å². The normalized spacial score (nSPS) is 13.8. The fourth-order valence-corrected chi connectivity index (χ4v) is 2.07. The summed E-state index contributed by atoms with van der Waals surface area (Å²) in [7, 11) is 0. The summed E-state index contributed by atoms with van der Waals surface area (Å²) >= 11 is 1.15. The van der Waals surface area contributed by atoms with Crippen LogP contribution in [0.1, 0.15) is 34.6 Å². The highest BCUT2D eigenvalue weighted by atomic mass is 32.2. The lowest BCUT2D eigenvalue weighted by molar-refractivity contribution is -0.133. The molecule has 0 fully saturated rings. The Balaban J connectivity index is 4.55. The van der Waals surface area contributed by atoms with Crippen LogP contribution in [0.15, 0.2) is 0 Å². The van der Waals surface area contributed by atoms with Crippen LogP contribution in [0.3, 0.4) is 0 Å². The van der Waals surface area contributed by atoms with Gasteiger partial charge in [-0.05, 0) is 34.6 Å². The first-order chi connectivity index (χ1) is 8.48. The van der Waals surface area contributed by atoms with Crippen molar-refractivity contribution in [2.45, 2.75) is 51.0 Å². The number of hydrogen-bond donors (Lipinski definition) is 3. The van der Waals surface area contributed by atoms with Crippen molar-refractivity contribution in [1.82, 2.24) is 5.32 Å². The Labute approximate surface area is 117 Å². The van der Waals surface area contributed by atoms with Gasteiger partial charge in [-0.1, -0.05) is 0 Å². The number of carboxylic acids is 1. The molecule has 0 aliphatic rings. The van der Waals surface area contributed by atoms with Gasteiger partial charge in [0.2, 0.25) is 0 Å². The van der Waals surface area contributed by atoms with Crippen molar-refractivity contribution >= 4 is 23.8 Å². The Hall–Kier alpha value is -0.950. The summed E-state index contributed by atoms with van der Waals surface area (Å²) in [5.41, 5.74) is -0.623. The van der Waals surface area contributed by atoms with Crippen LogP contribution >= 0.6 is 11.8 Å². The van der Waals surface area contributed by atoms with Gasteiger partial charge in [0.25, 0.3) is 0 Å². The van der Waals surface area contributed by atoms with Gasteiger partial charge in [0, 0.05) is 4.75 Å². The molecule has 7 heteroatoms. The van der Waals surface area contributed by atoms with Gasteiger partial charge in [-0.25, -0.2) is 4.79 Å². The summed E-state index contributed by atoms with van der Waals surface area (Å²) < 4.78 is 4.48. The minimum Gasteiger partial charge on any atom is -0.481 e. The molecule has 0 aromatic heterocycles. The Morgan fingerprint density at radius 2 is 1.79 bits per heavy atom. The van der Waals surface area contributed by atoms with E-state index in [2.05, 4.69) is 5.32 Å². The lowest BCUT2D eigenvalue weighted by Crippen LogP contribution is -2.51. The smallest absolute Gasteiger partial charge is 0.407 e. The van der Waals surface area contributed by atoms with Crippen LogP contribution < -0.4 is 5.32 Å². The zero-order valence-electron chi connectivity index (χ0n) is 12.0. The van der Waals surface area contributed by atoms with E-state index in [0.29, 0.717) is 0 Å². The van der Waals surface area contributed by atoms with E-state index in [9.17, 15) is 14.7 Å². The van der Waals surface area contributed by atoms with E-state index in [1.165, 1.54) is 0 Å². The van der Waals surface area contributed by atoms with Crippen molar-refractivity contribution in [2.75, 3.05) is 12.4 Å². The molecular weight excluding hydrogens is 270 g/mol. The van der Waals surface area contributed by atoms with E-state index < -0.39 is 28.5 Å². The number of nitrogens with one attached hydrogen (secondary N) is 1. The lowest BCUT2D eigenvalue weighted by atomic mass is 10.0. The zero-order chi connectivity index (χ0) is 15.3. The minimum absolute atomic E-state index is 0.0977. The van der Waals surface area contributed by atoms with Gasteiger partial charge in [0.15, 0.2) is 0 Å². The Kier molecular flexibility index (Phi) is 6.65. The molecule has 112 valence electrons. The van der Waals surface area contributed by atoms with Crippen LogP contribution in [-0.2, 0) is 9.53 Å². The van der Waals surface area contributed by atoms with Gasteiger partial charge in [-0.3, -0.25) is 4.79 Å². The minimum atomic E-state index is -0.938. The maximum absolute atomic E-state index is 11.6. The number of rotatable bonds is 6. The number of carboxylic acid groups (broad SMARTS) is 1. The predicted molar refractivity (Wildman–Crippen MR) is 74.4 cm³/mol. The summed E-state index contributed by atoms with van der Waals surface area (Å²) in [4.78, 5) is 22.2. The third-order valence-corrected chi connectivity index (χ3v) is 3.70. The summed E-state index contributed by atoms with van der Waals surface area (Å²) in [6.45, 7) is 8.46. The molecule has 0 saturated heterocycles. The van der Waals surface area contributed by atoms with Crippen LogP contribution in [0.5, 0.6) is 0 Å². The number of aliphatic hydroxyl groups is 1. The molecule has 19 heavy (non-hydrogen) atoms. The monoisotopic (exact) mass is 293 g/mol. The molecule has 0 unspecified atom stereocenters. The second-order valence-corrected chi connectivity index (χ2v) is 7.30. The molecule has 0 bridgehead atoms. The summed E-state index contributed by atoms with van der Waals surface area (Å²) in [6.07, 6.45) is -0.629. The molecule has 0 heterocycles. The maximum atomic E-state index is 11.6. The number of alkyl carbamates (subject to hydrolysis) is 1. The number of carbonyl (C=O) groups is 2. The first-order valence-electron chi connectivity index (χ1n) is 5.94. The van der Waals surface area contributed by atoms with Gasteiger partial charge >= 0.3 is 12.1 Å². The lowest BCUT2D eigenvalue weighted by Gasteiger charge is -2.33. The SMILES string of the molecule is CC(C)(C)OC(=O)N[C@H](CO)C(C)(C)SCC(=O)O. The van der Waals surface area contributed by atoms with E-state index >= 15 is 0 Å². The molecule has 6 nitrogen and oxygen atoms in total. The van der Waals surface area contributed by atoms with E-state index in [-0.39, 0.29) is 12.4 Å². The molecule has 0 aromatic carbocycles. The highest BCUT2D eigenvalue weighted by Gasteiger charge is 2.32. The highest BCUT2D eigenvalue weighted by Crippen LogP contribution is 2.28. The molecular formula is C12H23NO5S. The molecule has 0 rings (SSSR count). The van der Waals surface area contributed by atoms with Gasteiger partial charge in [0.05, 0.1) is 18.4 Å². The van der Waals surface area contributed by atoms with E-state index in [4.69, 9.17) is 9.84 Å². The first-order valence-corrected chi connectivity index (χ1v) is 6.92. The first kappa shape index (κ1) is 18.0. The van der Waals surface area contributed by atoms with Gasteiger partial charge in [-0.2, -0.15) is 0 Å². The third kappa shape index (κ3) is 7.94. The van der Waals surface area contributed by atoms with E-state index in [0.717, 1.165) is 11.8 Å². The molecule has 0 aliphatic carbocycles. The zero-order valence-corrected chi connectivity index (χ0v) is 12.8. The third-order valence-electron chi connectivity index (χ3n) is 2.28. The van der Waals surface area contributed by atoms with Gasteiger partial charge in [-0.15, -0.1) is 11.8 Å². The van der Waals surface area contributed by atoms with Crippen LogP contribution in [-0.4, -0.2) is 51.0 Å². The number of hydrogen-bond acceptors (Lipinski definition) is 5. The highest BCUT2D eigenvalue weighted by molar-refractivity contribution is 8.01. The summed E-state index contributed by atoms with van der Waals surface area (Å²) in [6, 6.07) is -0.591. The van der Waals surface area contributed by atoms with Crippen molar-refractivity contribution in [3.05, 3.63) is 0 Å². The molecule has 3 N–H and O–H groups in total. The number of ether oxygens (including phenoxy) is 1. The number of aliphatic carboxylic acids is 1. The van der Waals surface area contributed by atoms with Crippen molar-refractivity contribution < 1.29 is 24.5 Å². The second kappa shape index (κ2) is 7.00. The Morgan fingerprint density at radius 3 is 2.16 bits per heavy atom. The Morgan fingerprint density at radius 1 is 1.26 bits per heavy atom. The second-order valence-electron chi connectivity index (χ2n) is 5.67. The van der Waals surface area contributed by atoms with Crippen LogP contribution in [0.2, 0.25) is 0 Å². The number of amides is 1. The van der Waals surface area contributed by atoms with E-state index in [1.54, 1.807) is 34.6 Å². The number of aliphatic hydroxyl groups excluding tert-OH is 1. The van der Waals surface area contributed by atoms with Crippen LogP contribution in [0.25, 0.3) is 0 Å². The summed E-state index contributed by atoms with van der Waals surface area (Å²) in [5, 5.41) is 20.6. The fourth-order valence-electron chi connectivity index (χ4n) is 1.24. The van der Waals surface area contributed by atoms with Crippen LogP contribution in [0.4, 0.5) is 4.79 Å². The quantitative estimate of drug-likeness (QED) is 0.686. The van der Waals surface area contributed by atoms with Crippen molar-refractivity contribution in [1.29, 1.82) is 0 Å². The van der Waals surface area contributed by atoms with E-state index in [1.807, 2.05) is 0 Å². The maximum Gasteiger partial charge on any atom is 0.407 e. The molecule has 0 spiro atoms. The molecule has 1 amide bonds. The summed E-state index contributed by atoms with van der Waals surface area (Å²) in [5.74, 6) is -1.04. The molecule has 1 atom stereocenters.